The van der Waals surface area contributed by atoms with Crippen molar-refractivity contribution >= 4 is 0 Å². The van der Waals surface area contributed by atoms with Gasteiger partial charge < -0.3 is 11.1 Å². The standard InChI is InChI=1S/C25H35FN2/c1-3-4-17-28-20(2)24-11-14-25(15-12-24,16-13-24)23-9-7-21(8-10-23)5-6-22(18-26)19-27/h3,7-10,18,28H,1-2,4-6,11-17,19,27H2/b22-18-. The van der Waals surface area contributed by atoms with Crippen LogP contribution >= 0.6 is 0 Å². The Morgan fingerprint density at radius 2 is 1.75 bits per heavy atom. The van der Waals surface area contributed by atoms with Crippen LogP contribution in [-0.4, -0.2) is 13.1 Å². The SMILES string of the molecule is C=CCCNC(=C)C12CCC(c3ccc(CC/C(=C/F)CN)cc3)(CC1)CC2. The Kier molecular flexibility index (Phi) is 6.77. The minimum atomic E-state index is 0.292. The Labute approximate surface area is 169 Å². The first-order valence-corrected chi connectivity index (χ1v) is 10.7. The predicted octanol–water partition coefficient (Wildman–Crippen LogP) is 5.70. The first-order chi connectivity index (χ1) is 13.6. The molecule has 0 radical (unpaired) electrons. The smallest absolute Gasteiger partial charge is 0.0871 e. The lowest BCUT2D eigenvalue weighted by Gasteiger charge is -2.54. The van der Waals surface area contributed by atoms with Gasteiger partial charge in [0.15, 0.2) is 0 Å². The van der Waals surface area contributed by atoms with Crippen LogP contribution in [0, 0.1) is 5.41 Å². The lowest BCUT2D eigenvalue weighted by Crippen LogP contribution is -2.47. The van der Waals surface area contributed by atoms with Crippen molar-refractivity contribution in [2.45, 2.75) is 63.2 Å². The topological polar surface area (TPSA) is 38.0 Å². The van der Waals surface area contributed by atoms with E-state index in [1.165, 1.54) is 55.3 Å². The van der Waals surface area contributed by atoms with Crippen molar-refractivity contribution in [2.75, 3.05) is 13.1 Å². The van der Waals surface area contributed by atoms with Gasteiger partial charge in [-0.3, -0.25) is 0 Å². The third-order valence-corrected chi connectivity index (χ3v) is 7.29. The number of allylic oxidation sites excluding steroid dienone is 1. The largest absolute Gasteiger partial charge is 0.388 e. The van der Waals surface area contributed by atoms with E-state index in [0.29, 0.717) is 35.7 Å². The van der Waals surface area contributed by atoms with Gasteiger partial charge in [0.2, 0.25) is 0 Å². The molecule has 0 spiro atoms. The van der Waals surface area contributed by atoms with Crippen LogP contribution in [0.5, 0.6) is 0 Å². The first kappa shape index (κ1) is 20.9. The average molecular weight is 383 g/mol. The molecule has 0 amide bonds. The summed E-state index contributed by atoms with van der Waals surface area (Å²) in [6.45, 7) is 9.43. The molecule has 0 aliphatic heterocycles. The molecule has 3 heteroatoms. The van der Waals surface area contributed by atoms with Gasteiger partial charge in [0, 0.05) is 24.2 Å². The summed E-state index contributed by atoms with van der Waals surface area (Å²) >= 11 is 0. The fourth-order valence-corrected chi connectivity index (χ4v) is 5.11. The molecule has 1 aromatic carbocycles. The first-order valence-electron chi connectivity index (χ1n) is 10.7. The van der Waals surface area contributed by atoms with Gasteiger partial charge in [0.05, 0.1) is 6.33 Å². The number of nitrogens with two attached hydrogens (primary N) is 1. The van der Waals surface area contributed by atoms with E-state index in [1.807, 2.05) is 6.08 Å². The second-order valence-electron chi connectivity index (χ2n) is 8.71. The number of aryl methyl sites for hydroxylation is 1. The van der Waals surface area contributed by atoms with Crippen LogP contribution in [0.15, 0.2) is 61.1 Å². The van der Waals surface area contributed by atoms with Crippen molar-refractivity contribution in [3.63, 3.8) is 0 Å². The van der Waals surface area contributed by atoms with Gasteiger partial charge in [-0.1, -0.05) is 36.9 Å². The predicted molar refractivity (Wildman–Crippen MR) is 117 cm³/mol. The molecule has 28 heavy (non-hydrogen) atoms. The van der Waals surface area contributed by atoms with E-state index in [-0.39, 0.29) is 0 Å². The van der Waals surface area contributed by atoms with Gasteiger partial charge >= 0.3 is 0 Å². The van der Waals surface area contributed by atoms with E-state index >= 15 is 0 Å². The number of rotatable bonds is 10. The van der Waals surface area contributed by atoms with Crippen LogP contribution < -0.4 is 11.1 Å². The summed E-state index contributed by atoms with van der Waals surface area (Å²) in [5, 5.41) is 3.56. The summed E-state index contributed by atoms with van der Waals surface area (Å²) in [6.07, 6.45) is 12.6. The zero-order valence-corrected chi connectivity index (χ0v) is 17.1. The molecule has 0 atom stereocenters. The third kappa shape index (κ3) is 4.25. The monoisotopic (exact) mass is 382 g/mol. The average Bonchev–Trinajstić information content (AvgIpc) is 2.76. The molecule has 0 unspecified atom stereocenters. The maximum Gasteiger partial charge on any atom is 0.0871 e. The van der Waals surface area contributed by atoms with E-state index in [4.69, 9.17) is 5.73 Å². The molecule has 3 saturated carbocycles. The Hall–Kier alpha value is -1.87. The molecule has 0 saturated heterocycles. The highest BCUT2D eigenvalue weighted by Crippen LogP contribution is 2.59. The molecule has 152 valence electrons. The van der Waals surface area contributed by atoms with E-state index in [9.17, 15) is 4.39 Å². The van der Waals surface area contributed by atoms with Crippen LogP contribution in [0.25, 0.3) is 0 Å². The normalized spacial score (nSPS) is 26.9. The number of hydrogen-bond acceptors (Lipinski definition) is 2. The second kappa shape index (κ2) is 9.09. The van der Waals surface area contributed by atoms with Crippen LogP contribution in [0.1, 0.15) is 62.5 Å². The highest BCUT2D eigenvalue weighted by Gasteiger charge is 2.50. The van der Waals surface area contributed by atoms with Gasteiger partial charge in [0.1, 0.15) is 0 Å². The molecule has 4 rings (SSSR count). The molecule has 0 heterocycles. The van der Waals surface area contributed by atoms with Crippen molar-refractivity contribution < 1.29 is 4.39 Å². The Morgan fingerprint density at radius 3 is 2.29 bits per heavy atom. The summed E-state index contributed by atoms with van der Waals surface area (Å²) in [7, 11) is 0. The van der Waals surface area contributed by atoms with Crippen LogP contribution in [0.3, 0.4) is 0 Å². The molecule has 3 fully saturated rings. The number of benzene rings is 1. The summed E-state index contributed by atoms with van der Waals surface area (Å²) in [4.78, 5) is 0. The molecule has 3 aliphatic rings. The lowest BCUT2D eigenvalue weighted by molar-refractivity contribution is 0.0646. The molecule has 3 aliphatic carbocycles. The zero-order valence-electron chi connectivity index (χ0n) is 17.1. The minimum absolute atomic E-state index is 0.292. The highest BCUT2D eigenvalue weighted by atomic mass is 19.1. The number of fused-ring (bicyclic) bond motifs is 3. The molecule has 1 aromatic rings. The van der Waals surface area contributed by atoms with Gasteiger partial charge in [0.25, 0.3) is 0 Å². The van der Waals surface area contributed by atoms with E-state index in [2.05, 4.69) is 42.7 Å². The van der Waals surface area contributed by atoms with Gasteiger partial charge in [-0.25, -0.2) is 4.39 Å². The maximum absolute atomic E-state index is 12.7. The number of nitrogens with one attached hydrogen (secondary N) is 1. The molecule has 2 nitrogen and oxygen atoms in total. The Bertz CT molecular complexity index is 692. The van der Waals surface area contributed by atoms with Crippen LogP contribution in [0.4, 0.5) is 4.39 Å². The van der Waals surface area contributed by atoms with Gasteiger partial charge in [-0.05, 0) is 79.9 Å². The zero-order chi connectivity index (χ0) is 20.0. The van der Waals surface area contributed by atoms with E-state index in [0.717, 1.165) is 19.4 Å². The third-order valence-electron chi connectivity index (χ3n) is 7.29. The van der Waals surface area contributed by atoms with Gasteiger partial charge in [-0.15, -0.1) is 6.58 Å². The molecular formula is C25H35FN2. The summed E-state index contributed by atoms with van der Waals surface area (Å²) in [5.41, 5.74) is 10.8. The fourth-order valence-electron chi connectivity index (χ4n) is 5.11. The van der Waals surface area contributed by atoms with Crippen molar-refractivity contribution in [3.05, 3.63) is 72.2 Å². The molecular weight excluding hydrogens is 347 g/mol. The molecule has 2 bridgehead atoms. The fraction of sp³-hybridized carbons (Fsp3) is 0.520. The second-order valence-corrected chi connectivity index (χ2v) is 8.71. The summed E-state index contributed by atoms with van der Waals surface area (Å²) < 4.78 is 12.7. The van der Waals surface area contributed by atoms with Crippen LogP contribution in [0.2, 0.25) is 0 Å². The minimum Gasteiger partial charge on any atom is -0.388 e. The van der Waals surface area contributed by atoms with E-state index in [1.54, 1.807) is 0 Å². The quantitative estimate of drug-likeness (QED) is 0.402. The summed E-state index contributed by atoms with van der Waals surface area (Å²) in [5.74, 6) is 0. The van der Waals surface area contributed by atoms with E-state index < -0.39 is 0 Å². The van der Waals surface area contributed by atoms with Crippen molar-refractivity contribution in [2.24, 2.45) is 11.1 Å². The summed E-state index contributed by atoms with van der Waals surface area (Å²) in [6, 6.07) is 9.07. The molecule has 3 N–H and O–H groups in total. The molecule has 0 aromatic heterocycles. The Balaban J connectivity index is 1.60. The van der Waals surface area contributed by atoms with Crippen LogP contribution in [-0.2, 0) is 11.8 Å². The number of hydrogen-bond donors (Lipinski definition) is 2. The maximum atomic E-state index is 12.7. The van der Waals surface area contributed by atoms with Crippen molar-refractivity contribution in [3.8, 4) is 0 Å². The van der Waals surface area contributed by atoms with Gasteiger partial charge in [-0.2, -0.15) is 0 Å². The number of halogens is 1. The lowest BCUT2D eigenvalue weighted by atomic mass is 9.51. The highest BCUT2D eigenvalue weighted by molar-refractivity contribution is 5.33. The van der Waals surface area contributed by atoms with Crippen molar-refractivity contribution in [1.82, 2.24) is 5.32 Å². The van der Waals surface area contributed by atoms with Crippen molar-refractivity contribution in [1.29, 1.82) is 0 Å². The Morgan fingerprint density at radius 1 is 1.11 bits per heavy atom.